The summed E-state index contributed by atoms with van der Waals surface area (Å²) in [6.45, 7) is 6.83. The predicted molar refractivity (Wildman–Crippen MR) is 131 cm³/mol. The van der Waals surface area contributed by atoms with Crippen molar-refractivity contribution in [1.29, 1.82) is 0 Å². The van der Waals surface area contributed by atoms with Gasteiger partial charge in [-0.2, -0.15) is 8.78 Å². The van der Waals surface area contributed by atoms with Crippen LogP contribution in [0.1, 0.15) is 19.4 Å². The van der Waals surface area contributed by atoms with E-state index in [1.54, 1.807) is 19.2 Å². The van der Waals surface area contributed by atoms with Gasteiger partial charge in [0, 0.05) is 57.9 Å². The first-order valence-electron chi connectivity index (χ1n) is 10.3. The number of hydrogen-bond donors (Lipinski definition) is 2. The minimum absolute atomic E-state index is 0. The second-order valence-electron chi connectivity index (χ2n) is 7.81. The van der Waals surface area contributed by atoms with E-state index >= 15 is 0 Å². The third kappa shape index (κ3) is 8.93. The number of ether oxygens (including phenoxy) is 2. The fourth-order valence-corrected chi connectivity index (χ4v) is 3.57. The van der Waals surface area contributed by atoms with Crippen molar-refractivity contribution in [3.05, 3.63) is 23.8 Å². The molecule has 0 aliphatic carbocycles. The molecular weight excluding hydrogens is 519 g/mol. The fraction of sp³-hybridized carbons (Fsp3) is 0.667. The van der Waals surface area contributed by atoms with E-state index in [9.17, 15) is 8.78 Å². The number of piperazine rings is 1. The topological polar surface area (TPSA) is 61.4 Å². The summed E-state index contributed by atoms with van der Waals surface area (Å²) in [4.78, 5) is 9.13. The van der Waals surface area contributed by atoms with Crippen molar-refractivity contribution in [3.63, 3.8) is 0 Å². The van der Waals surface area contributed by atoms with Crippen LogP contribution in [0.15, 0.2) is 23.2 Å². The van der Waals surface area contributed by atoms with Crippen LogP contribution in [0.5, 0.6) is 11.5 Å². The van der Waals surface area contributed by atoms with Crippen molar-refractivity contribution in [3.8, 4) is 11.5 Å². The standard InChI is InChI=1S/C21H35F2N5O2.HI/c1-15(2)18(28-10-8-27(4)9-11-28)14-26-21(24-3)25-13-16-12-17(29-5)6-7-19(16)30-20(22)23;/h6-7,12,15,18,20H,8-11,13-14H2,1-5H3,(H2,24,25,26);1H. The molecule has 7 nitrogen and oxygen atoms in total. The Morgan fingerprint density at radius 1 is 1.16 bits per heavy atom. The Morgan fingerprint density at radius 3 is 2.39 bits per heavy atom. The number of halogens is 3. The van der Waals surface area contributed by atoms with Crippen LogP contribution < -0.4 is 20.1 Å². The molecule has 0 amide bonds. The largest absolute Gasteiger partial charge is 0.497 e. The zero-order chi connectivity index (χ0) is 22.1. The molecular formula is C21H36F2IN5O2. The van der Waals surface area contributed by atoms with Crippen molar-refractivity contribution < 1.29 is 18.3 Å². The number of methoxy groups -OCH3 is 1. The lowest BCUT2D eigenvalue weighted by atomic mass is 10.0. The summed E-state index contributed by atoms with van der Waals surface area (Å²) in [5.74, 6) is 1.79. The van der Waals surface area contributed by atoms with Gasteiger partial charge in [0.05, 0.1) is 7.11 Å². The van der Waals surface area contributed by atoms with Crippen LogP contribution in [-0.4, -0.2) is 82.3 Å². The van der Waals surface area contributed by atoms with Gasteiger partial charge in [0.25, 0.3) is 0 Å². The third-order valence-corrected chi connectivity index (χ3v) is 5.41. The van der Waals surface area contributed by atoms with Gasteiger partial charge in [0.15, 0.2) is 5.96 Å². The van der Waals surface area contributed by atoms with Gasteiger partial charge < -0.3 is 25.0 Å². The highest BCUT2D eigenvalue weighted by molar-refractivity contribution is 14.0. The van der Waals surface area contributed by atoms with E-state index < -0.39 is 6.61 Å². The maximum atomic E-state index is 12.7. The molecule has 10 heteroatoms. The maximum Gasteiger partial charge on any atom is 0.387 e. The van der Waals surface area contributed by atoms with Gasteiger partial charge in [-0.1, -0.05) is 13.8 Å². The molecule has 0 radical (unpaired) electrons. The molecule has 1 unspecified atom stereocenters. The summed E-state index contributed by atoms with van der Waals surface area (Å²) in [7, 11) is 5.37. The lowest BCUT2D eigenvalue weighted by molar-refractivity contribution is -0.0505. The molecule has 1 atom stereocenters. The second kappa shape index (κ2) is 13.9. The van der Waals surface area contributed by atoms with Crippen LogP contribution in [0.4, 0.5) is 8.78 Å². The van der Waals surface area contributed by atoms with E-state index in [1.807, 2.05) is 0 Å². The molecule has 0 saturated carbocycles. The summed E-state index contributed by atoms with van der Waals surface area (Å²) < 4.78 is 35.3. The van der Waals surface area contributed by atoms with Crippen molar-refractivity contribution in [2.45, 2.75) is 33.0 Å². The number of alkyl halides is 2. The van der Waals surface area contributed by atoms with Crippen molar-refractivity contribution in [1.82, 2.24) is 20.4 Å². The van der Waals surface area contributed by atoms with Gasteiger partial charge in [-0.15, -0.1) is 24.0 Å². The molecule has 31 heavy (non-hydrogen) atoms. The molecule has 2 N–H and O–H groups in total. The van der Waals surface area contributed by atoms with Gasteiger partial charge >= 0.3 is 6.61 Å². The highest BCUT2D eigenvalue weighted by Gasteiger charge is 2.25. The van der Waals surface area contributed by atoms with E-state index in [0.29, 0.717) is 29.2 Å². The first-order chi connectivity index (χ1) is 14.3. The van der Waals surface area contributed by atoms with Crippen LogP contribution in [-0.2, 0) is 6.54 Å². The first kappa shape index (κ1) is 27.6. The Hall–Kier alpha value is -1.40. The van der Waals surface area contributed by atoms with Crippen LogP contribution in [0, 0.1) is 5.92 Å². The molecule has 178 valence electrons. The Morgan fingerprint density at radius 2 is 1.84 bits per heavy atom. The number of guanidine groups is 1. The fourth-order valence-electron chi connectivity index (χ4n) is 3.57. The SMILES string of the molecule is CN=C(NCc1cc(OC)ccc1OC(F)F)NCC(C(C)C)N1CCN(C)CC1.I. The molecule has 1 aliphatic heterocycles. The lowest BCUT2D eigenvalue weighted by Crippen LogP contribution is -2.55. The Balaban J connectivity index is 0.00000480. The average molecular weight is 555 g/mol. The average Bonchev–Trinajstić information content (AvgIpc) is 2.71. The molecule has 1 aromatic rings. The highest BCUT2D eigenvalue weighted by atomic mass is 127. The number of rotatable bonds is 9. The molecule has 1 fully saturated rings. The number of nitrogens with one attached hydrogen (secondary N) is 2. The first-order valence-corrected chi connectivity index (χ1v) is 10.3. The summed E-state index contributed by atoms with van der Waals surface area (Å²) in [6.07, 6.45) is 0. The molecule has 1 heterocycles. The molecule has 1 saturated heterocycles. The molecule has 1 aromatic carbocycles. The van der Waals surface area contributed by atoms with E-state index in [0.717, 1.165) is 32.7 Å². The molecule has 2 rings (SSSR count). The zero-order valence-corrected chi connectivity index (χ0v) is 21.4. The van der Waals surface area contributed by atoms with E-state index in [2.05, 4.69) is 51.1 Å². The summed E-state index contributed by atoms with van der Waals surface area (Å²) in [6, 6.07) is 5.14. The molecule has 1 aliphatic rings. The molecule has 0 bridgehead atoms. The monoisotopic (exact) mass is 555 g/mol. The second-order valence-corrected chi connectivity index (χ2v) is 7.81. The molecule has 0 spiro atoms. The lowest BCUT2D eigenvalue weighted by Gasteiger charge is -2.40. The van der Waals surface area contributed by atoms with Gasteiger partial charge in [-0.25, -0.2) is 0 Å². The van der Waals surface area contributed by atoms with Crippen LogP contribution in [0.2, 0.25) is 0 Å². The number of nitrogens with zero attached hydrogens (tertiary/aromatic N) is 3. The van der Waals surface area contributed by atoms with Crippen LogP contribution >= 0.6 is 24.0 Å². The number of hydrogen-bond acceptors (Lipinski definition) is 5. The smallest absolute Gasteiger partial charge is 0.387 e. The third-order valence-electron chi connectivity index (χ3n) is 5.41. The summed E-state index contributed by atoms with van der Waals surface area (Å²) in [5, 5.41) is 6.57. The maximum absolute atomic E-state index is 12.7. The highest BCUT2D eigenvalue weighted by Crippen LogP contribution is 2.25. The molecule has 0 aromatic heterocycles. The van der Waals surface area contributed by atoms with Gasteiger partial charge in [0.1, 0.15) is 11.5 Å². The quantitative estimate of drug-likeness (QED) is 0.278. The summed E-state index contributed by atoms with van der Waals surface area (Å²) >= 11 is 0. The number of benzene rings is 1. The van der Waals surface area contributed by atoms with Crippen molar-refractivity contribution in [2.75, 3.05) is 53.9 Å². The van der Waals surface area contributed by atoms with E-state index in [4.69, 9.17) is 4.74 Å². The Bertz CT molecular complexity index is 686. The number of likely N-dealkylation sites (N-methyl/N-ethyl adjacent to an activating group) is 1. The normalized spacial score (nSPS) is 16.7. The van der Waals surface area contributed by atoms with Crippen LogP contribution in [0.25, 0.3) is 0 Å². The van der Waals surface area contributed by atoms with Gasteiger partial charge in [0.2, 0.25) is 0 Å². The van der Waals surface area contributed by atoms with E-state index in [-0.39, 0.29) is 36.3 Å². The Labute approximate surface area is 201 Å². The van der Waals surface area contributed by atoms with Crippen molar-refractivity contribution >= 4 is 29.9 Å². The summed E-state index contributed by atoms with van der Waals surface area (Å²) in [5.41, 5.74) is 0.567. The number of aliphatic imine (C=N–C) groups is 1. The van der Waals surface area contributed by atoms with Crippen molar-refractivity contribution in [2.24, 2.45) is 10.9 Å². The predicted octanol–water partition coefficient (Wildman–Crippen LogP) is 2.85. The Kier molecular flexibility index (Phi) is 12.4. The van der Waals surface area contributed by atoms with Gasteiger partial charge in [-0.05, 0) is 31.2 Å². The van der Waals surface area contributed by atoms with Gasteiger partial charge in [-0.3, -0.25) is 9.89 Å². The minimum Gasteiger partial charge on any atom is -0.497 e. The minimum atomic E-state index is -2.88. The van der Waals surface area contributed by atoms with Crippen LogP contribution in [0.3, 0.4) is 0 Å². The van der Waals surface area contributed by atoms with E-state index in [1.165, 1.54) is 13.2 Å². The zero-order valence-electron chi connectivity index (χ0n) is 19.0.